The zero-order valence-electron chi connectivity index (χ0n) is 28.5. The maximum atomic E-state index is 14.3. The molecular formula is C37H47N3O7S2. The fraction of sp³-hybridized carbons (Fsp3) is 0.432. The molecule has 3 aromatic carbocycles. The van der Waals surface area contributed by atoms with E-state index in [2.05, 4.69) is 29.2 Å². The Morgan fingerprint density at radius 1 is 0.980 bits per heavy atom. The summed E-state index contributed by atoms with van der Waals surface area (Å²) in [6.07, 6.45) is 7.59. The number of carbonyl (C=O) groups is 3. The Labute approximate surface area is 293 Å². The lowest BCUT2D eigenvalue weighted by Crippen LogP contribution is -2.48. The monoisotopic (exact) mass is 709 g/mol. The zero-order chi connectivity index (χ0) is 35.6. The molecule has 3 aromatic rings. The molecule has 49 heavy (non-hydrogen) atoms. The fourth-order valence-electron chi connectivity index (χ4n) is 6.31. The van der Waals surface area contributed by atoms with Crippen LogP contribution in [0.1, 0.15) is 94.4 Å². The summed E-state index contributed by atoms with van der Waals surface area (Å²) in [6.45, 7) is 5.04. The van der Waals surface area contributed by atoms with E-state index in [1.54, 1.807) is 30.3 Å². The summed E-state index contributed by atoms with van der Waals surface area (Å²) in [7, 11) is -4.00. The van der Waals surface area contributed by atoms with Gasteiger partial charge in [-0.25, -0.2) is 13.1 Å². The molecule has 0 aliphatic carbocycles. The van der Waals surface area contributed by atoms with Crippen molar-refractivity contribution in [2.75, 3.05) is 12.9 Å². The predicted octanol–water partition coefficient (Wildman–Crippen LogP) is 6.17. The molecule has 0 saturated heterocycles. The first-order valence-corrected chi connectivity index (χ1v) is 19.5. The highest BCUT2D eigenvalue weighted by Gasteiger charge is 2.43. The maximum Gasteiger partial charge on any atom is 0.325 e. The third-order valence-corrected chi connectivity index (χ3v) is 11.3. The van der Waals surface area contributed by atoms with Gasteiger partial charge in [-0.15, -0.1) is 11.8 Å². The number of hydrogen-bond acceptors (Lipinski definition) is 7. The maximum absolute atomic E-state index is 14.3. The predicted molar refractivity (Wildman–Crippen MR) is 191 cm³/mol. The minimum Gasteiger partial charge on any atom is -0.483 e. The first-order chi connectivity index (χ1) is 23.4. The minimum absolute atomic E-state index is 0.119. The summed E-state index contributed by atoms with van der Waals surface area (Å²) in [5, 5.41) is 14.3. The van der Waals surface area contributed by atoms with Gasteiger partial charge in [0.2, 0.25) is 15.9 Å². The second-order valence-corrected chi connectivity index (χ2v) is 15.1. The average Bonchev–Trinajstić information content (AvgIpc) is 3.19. The van der Waals surface area contributed by atoms with Gasteiger partial charge in [-0.05, 0) is 55.2 Å². The molecule has 1 aliphatic heterocycles. The molecule has 0 spiro atoms. The van der Waals surface area contributed by atoms with E-state index in [1.807, 2.05) is 42.7 Å². The van der Waals surface area contributed by atoms with Gasteiger partial charge in [-0.1, -0.05) is 100 Å². The second kappa shape index (κ2) is 17.2. The van der Waals surface area contributed by atoms with Gasteiger partial charge in [0.05, 0.1) is 4.90 Å². The first kappa shape index (κ1) is 37.9. The molecule has 264 valence electrons. The molecule has 1 unspecified atom stereocenters. The molecule has 0 radical (unpaired) electrons. The summed E-state index contributed by atoms with van der Waals surface area (Å²) in [4.78, 5) is 38.5. The number of fused-ring (bicyclic) bond motifs is 1. The smallest absolute Gasteiger partial charge is 0.325 e. The molecule has 4 rings (SSSR count). The lowest BCUT2D eigenvalue weighted by molar-refractivity contribution is -0.141. The van der Waals surface area contributed by atoms with Gasteiger partial charge >= 0.3 is 5.97 Å². The van der Waals surface area contributed by atoms with Gasteiger partial charge in [0.25, 0.3) is 5.91 Å². The number of sulfonamides is 1. The molecule has 3 atom stereocenters. The topological polar surface area (TPSA) is 151 Å². The average molecular weight is 710 g/mol. The van der Waals surface area contributed by atoms with Crippen molar-refractivity contribution in [1.82, 2.24) is 15.4 Å². The lowest BCUT2D eigenvalue weighted by Gasteiger charge is -2.35. The number of benzene rings is 3. The molecule has 2 amide bonds. The number of carbonyl (C=O) groups excluding carboxylic acids is 2. The van der Waals surface area contributed by atoms with Crippen molar-refractivity contribution in [2.24, 2.45) is 0 Å². The highest BCUT2D eigenvalue weighted by molar-refractivity contribution is 7.98. The van der Waals surface area contributed by atoms with Gasteiger partial charge in [-0.3, -0.25) is 14.4 Å². The van der Waals surface area contributed by atoms with Crippen LogP contribution in [-0.2, 0) is 24.4 Å². The number of hydrogen-bond donors (Lipinski definition) is 4. The molecule has 4 N–H and O–H groups in total. The van der Waals surface area contributed by atoms with Crippen LogP contribution in [0.4, 0.5) is 0 Å². The Morgan fingerprint density at radius 3 is 2.16 bits per heavy atom. The quantitative estimate of drug-likeness (QED) is 0.129. The standard InChI is InChI=1S/C37H47N3O7S2/c1-5-7-19-37(20-8-6-2)23-29(26-15-11-9-12-16-26)28-21-31(48-4)30(22-32(28)49(45,46)40-37)47-24-33(41)39-34(27-17-13-10-14-18-27)35(42)38-25(3)36(43)44/h9-18,21-22,25,29,34,40H,5-8,19-20,23-24H2,1-4H3,(H,38,42)(H,39,41)(H,43,44)/t25-,29?,34+/m0/s1. The number of nitrogens with one attached hydrogen (secondary N) is 3. The van der Waals surface area contributed by atoms with E-state index in [4.69, 9.17) is 4.74 Å². The third kappa shape index (κ3) is 9.64. The van der Waals surface area contributed by atoms with E-state index in [9.17, 15) is 27.9 Å². The molecule has 0 fully saturated rings. The molecule has 0 aromatic heterocycles. The Morgan fingerprint density at radius 2 is 1.59 bits per heavy atom. The number of ether oxygens (including phenoxy) is 1. The number of rotatable bonds is 16. The minimum atomic E-state index is -4.00. The normalized spacial score (nSPS) is 17.5. The van der Waals surface area contributed by atoms with Crippen LogP contribution in [0.2, 0.25) is 0 Å². The SMILES string of the molecule is CCCCC1(CCCC)CC(c2ccccc2)c2cc(SC)c(OCC(=O)N[C@@H](C(=O)N[C@@H](C)C(=O)O)c3ccccc3)cc2S(=O)(=O)N1. The van der Waals surface area contributed by atoms with E-state index in [1.165, 1.54) is 24.8 Å². The number of thioether (sulfide) groups is 1. The summed E-state index contributed by atoms with van der Waals surface area (Å²) < 4.78 is 37.7. The lowest BCUT2D eigenvalue weighted by atomic mass is 9.75. The van der Waals surface area contributed by atoms with E-state index in [0.29, 0.717) is 22.4 Å². The molecular weight excluding hydrogens is 663 g/mol. The van der Waals surface area contributed by atoms with E-state index in [-0.39, 0.29) is 16.6 Å². The van der Waals surface area contributed by atoms with Gasteiger partial charge in [0.1, 0.15) is 17.8 Å². The van der Waals surface area contributed by atoms with Crippen molar-refractivity contribution in [2.45, 2.75) is 99.0 Å². The molecule has 0 bridgehead atoms. The molecule has 1 heterocycles. The second-order valence-electron chi connectivity index (χ2n) is 12.6. The van der Waals surface area contributed by atoms with Crippen molar-refractivity contribution >= 4 is 39.6 Å². The van der Waals surface area contributed by atoms with Crippen LogP contribution in [0.25, 0.3) is 0 Å². The van der Waals surface area contributed by atoms with Gasteiger partial charge in [-0.2, -0.15) is 0 Å². The number of carboxylic acid groups (broad SMARTS) is 1. The van der Waals surface area contributed by atoms with Crippen molar-refractivity contribution < 1.29 is 32.6 Å². The number of unbranched alkanes of at least 4 members (excludes halogenated alkanes) is 2. The molecule has 0 saturated carbocycles. The van der Waals surface area contributed by atoms with Crippen LogP contribution in [0, 0.1) is 0 Å². The number of aliphatic carboxylic acids is 1. The summed E-state index contributed by atoms with van der Waals surface area (Å²) >= 11 is 1.39. The number of amides is 2. The van der Waals surface area contributed by atoms with Crippen LogP contribution in [-0.4, -0.2) is 55.8 Å². The van der Waals surface area contributed by atoms with Crippen LogP contribution < -0.4 is 20.1 Å². The van der Waals surface area contributed by atoms with Gasteiger partial charge < -0.3 is 20.5 Å². The molecule has 10 nitrogen and oxygen atoms in total. The van der Waals surface area contributed by atoms with E-state index < -0.39 is 52.0 Å². The zero-order valence-corrected chi connectivity index (χ0v) is 30.2. The van der Waals surface area contributed by atoms with Crippen LogP contribution in [0.15, 0.2) is 82.6 Å². The van der Waals surface area contributed by atoms with Crippen LogP contribution in [0.5, 0.6) is 5.75 Å². The Hall–Kier alpha value is -3.87. The van der Waals surface area contributed by atoms with Crippen molar-refractivity contribution in [3.05, 3.63) is 89.5 Å². The highest BCUT2D eigenvalue weighted by Crippen LogP contribution is 2.46. The Balaban J connectivity index is 1.68. The fourth-order valence-corrected chi connectivity index (χ4v) is 8.62. The van der Waals surface area contributed by atoms with E-state index in [0.717, 1.165) is 44.1 Å². The highest BCUT2D eigenvalue weighted by atomic mass is 32.2. The van der Waals surface area contributed by atoms with Gasteiger partial charge in [0, 0.05) is 22.4 Å². The van der Waals surface area contributed by atoms with Gasteiger partial charge in [0.15, 0.2) is 6.61 Å². The Bertz CT molecular complexity index is 1690. The molecule has 12 heteroatoms. The largest absolute Gasteiger partial charge is 0.483 e. The Kier molecular flexibility index (Phi) is 13.3. The van der Waals surface area contributed by atoms with E-state index >= 15 is 0 Å². The van der Waals surface area contributed by atoms with Crippen molar-refractivity contribution in [3.63, 3.8) is 0 Å². The number of carboxylic acids is 1. The summed E-state index contributed by atoms with van der Waals surface area (Å²) in [5.41, 5.74) is 1.54. The van der Waals surface area contributed by atoms with Crippen molar-refractivity contribution in [1.29, 1.82) is 0 Å². The third-order valence-electron chi connectivity index (χ3n) is 8.91. The van der Waals surface area contributed by atoms with Crippen LogP contribution >= 0.6 is 11.8 Å². The summed E-state index contributed by atoms with van der Waals surface area (Å²) in [6, 6.07) is 19.5. The van der Waals surface area contributed by atoms with Crippen LogP contribution in [0.3, 0.4) is 0 Å². The summed E-state index contributed by atoms with van der Waals surface area (Å²) in [5.74, 6) is -2.52. The molecule has 1 aliphatic rings. The van der Waals surface area contributed by atoms with Crippen molar-refractivity contribution in [3.8, 4) is 5.75 Å². The first-order valence-electron chi connectivity index (χ1n) is 16.7.